The van der Waals surface area contributed by atoms with Crippen LogP contribution in [0.5, 0.6) is 0 Å². The molecule has 0 unspecified atom stereocenters. The lowest BCUT2D eigenvalue weighted by molar-refractivity contribution is 0.0691. The molecule has 0 aliphatic carbocycles. The second-order valence-electron chi connectivity index (χ2n) is 3.76. The molecule has 0 aliphatic heterocycles. The molecule has 0 aromatic carbocycles. The van der Waals surface area contributed by atoms with Crippen LogP contribution in [0.4, 0.5) is 5.82 Å². The zero-order chi connectivity index (χ0) is 13.0. The molecule has 0 saturated heterocycles. The van der Waals surface area contributed by atoms with Crippen LogP contribution in [0, 0.1) is 0 Å². The summed E-state index contributed by atoms with van der Waals surface area (Å²) in [5, 5.41) is 15.9. The van der Waals surface area contributed by atoms with Gasteiger partial charge in [0.25, 0.3) is 0 Å². The Morgan fingerprint density at radius 3 is 2.89 bits per heavy atom. The number of hydrogen-bond acceptors (Lipinski definition) is 5. The van der Waals surface area contributed by atoms with Crippen molar-refractivity contribution in [3.63, 3.8) is 0 Å². The molecular formula is C11H13N5O2. The number of hydrogen-bond donors (Lipinski definition) is 2. The van der Waals surface area contributed by atoms with Crippen LogP contribution >= 0.6 is 0 Å². The number of aromatic nitrogens is 4. The van der Waals surface area contributed by atoms with Gasteiger partial charge in [-0.3, -0.25) is 4.68 Å². The maximum absolute atomic E-state index is 10.9. The fraction of sp³-hybridized carbons (Fsp3) is 0.273. The number of nitrogens with zero attached hydrogens (tertiary/aromatic N) is 4. The lowest BCUT2D eigenvalue weighted by Crippen LogP contribution is -2.12. The van der Waals surface area contributed by atoms with Gasteiger partial charge in [-0.1, -0.05) is 0 Å². The van der Waals surface area contributed by atoms with E-state index in [2.05, 4.69) is 20.4 Å². The van der Waals surface area contributed by atoms with E-state index < -0.39 is 5.97 Å². The van der Waals surface area contributed by atoms with Crippen molar-refractivity contribution in [1.29, 1.82) is 0 Å². The van der Waals surface area contributed by atoms with E-state index in [1.54, 1.807) is 10.9 Å². The third-order valence-electron chi connectivity index (χ3n) is 2.37. The Kier molecular flexibility index (Phi) is 3.52. The van der Waals surface area contributed by atoms with Gasteiger partial charge >= 0.3 is 5.97 Å². The topological polar surface area (TPSA) is 92.9 Å². The van der Waals surface area contributed by atoms with E-state index in [-0.39, 0.29) is 11.5 Å². The Hall–Kier alpha value is -2.44. The molecular weight excluding hydrogens is 234 g/mol. The average Bonchev–Trinajstić information content (AvgIpc) is 2.75. The highest BCUT2D eigenvalue weighted by atomic mass is 16.4. The van der Waals surface area contributed by atoms with E-state index in [4.69, 9.17) is 5.11 Å². The van der Waals surface area contributed by atoms with Crippen LogP contribution in [0.1, 0.15) is 16.1 Å². The van der Waals surface area contributed by atoms with Crippen molar-refractivity contribution in [2.75, 3.05) is 11.9 Å². The van der Waals surface area contributed by atoms with E-state index in [0.717, 1.165) is 12.0 Å². The van der Waals surface area contributed by atoms with Crippen LogP contribution in [0.15, 0.2) is 24.8 Å². The van der Waals surface area contributed by atoms with Gasteiger partial charge in [0.05, 0.1) is 6.20 Å². The van der Waals surface area contributed by atoms with E-state index in [1.165, 1.54) is 12.4 Å². The molecule has 0 radical (unpaired) electrons. The molecule has 2 aromatic heterocycles. The van der Waals surface area contributed by atoms with E-state index in [0.29, 0.717) is 6.54 Å². The van der Waals surface area contributed by atoms with E-state index >= 15 is 0 Å². The Morgan fingerprint density at radius 1 is 1.44 bits per heavy atom. The van der Waals surface area contributed by atoms with Crippen molar-refractivity contribution >= 4 is 11.8 Å². The number of rotatable bonds is 5. The Labute approximate surface area is 104 Å². The summed E-state index contributed by atoms with van der Waals surface area (Å²) in [5.41, 5.74) is 1.01. The number of nitrogens with one attached hydrogen (secondary N) is 1. The fourth-order valence-corrected chi connectivity index (χ4v) is 1.55. The second-order valence-corrected chi connectivity index (χ2v) is 3.76. The van der Waals surface area contributed by atoms with Gasteiger partial charge in [0.15, 0.2) is 11.5 Å². The van der Waals surface area contributed by atoms with Crippen LogP contribution in [-0.2, 0) is 13.5 Å². The molecule has 0 atom stereocenters. The molecule has 94 valence electrons. The minimum atomic E-state index is -1.09. The summed E-state index contributed by atoms with van der Waals surface area (Å²) in [4.78, 5) is 18.6. The summed E-state index contributed by atoms with van der Waals surface area (Å²) < 4.78 is 1.72. The van der Waals surface area contributed by atoms with Gasteiger partial charge in [-0.2, -0.15) is 5.10 Å². The van der Waals surface area contributed by atoms with Crippen molar-refractivity contribution in [2.24, 2.45) is 7.05 Å². The number of aryl methyl sites for hydroxylation is 1. The van der Waals surface area contributed by atoms with Gasteiger partial charge < -0.3 is 10.4 Å². The molecule has 2 rings (SSSR count). The Morgan fingerprint density at radius 2 is 2.22 bits per heavy atom. The molecule has 0 fully saturated rings. The van der Waals surface area contributed by atoms with Crippen LogP contribution in [-0.4, -0.2) is 37.4 Å². The third-order valence-corrected chi connectivity index (χ3v) is 2.37. The molecule has 2 aromatic rings. The zero-order valence-corrected chi connectivity index (χ0v) is 9.87. The van der Waals surface area contributed by atoms with Crippen molar-refractivity contribution < 1.29 is 9.90 Å². The van der Waals surface area contributed by atoms with Gasteiger partial charge in [0.1, 0.15) is 0 Å². The van der Waals surface area contributed by atoms with Gasteiger partial charge in [-0.15, -0.1) is 0 Å². The first-order chi connectivity index (χ1) is 8.66. The first kappa shape index (κ1) is 12.0. The maximum Gasteiger partial charge on any atom is 0.358 e. The first-order valence-electron chi connectivity index (χ1n) is 5.42. The second kappa shape index (κ2) is 5.26. The van der Waals surface area contributed by atoms with Gasteiger partial charge in [-0.25, -0.2) is 14.8 Å². The van der Waals surface area contributed by atoms with Crippen molar-refractivity contribution in [2.45, 2.75) is 6.42 Å². The maximum atomic E-state index is 10.9. The smallest absolute Gasteiger partial charge is 0.358 e. The first-order valence-corrected chi connectivity index (χ1v) is 5.42. The van der Waals surface area contributed by atoms with Gasteiger partial charge in [0, 0.05) is 32.2 Å². The van der Waals surface area contributed by atoms with Crippen LogP contribution in [0.2, 0.25) is 0 Å². The molecule has 2 N–H and O–H groups in total. The lowest BCUT2D eigenvalue weighted by Gasteiger charge is -2.06. The number of anilines is 1. The summed E-state index contributed by atoms with van der Waals surface area (Å²) in [5.74, 6) is -0.805. The summed E-state index contributed by atoms with van der Waals surface area (Å²) in [6, 6.07) is 0. The monoisotopic (exact) mass is 247 g/mol. The van der Waals surface area contributed by atoms with E-state index in [9.17, 15) is 4.79 Å². The quantitative estimate of drug-likeness (QED) is 0.802. The number of aromatic carboxylic acids is 1. The average molecular weight is 247 g/mol. The third kappa shape index (κ3) is 2.82. The van der Waals surface area contributed by atoms with E-state index in [1.807, 2.05) is 13.2 Å². The molecule has 0 aliphatic rings. The minimum absolute atomic E-state index is 0.0660. The van der Waals surface area contributed by atoms with Gasteiger partial charge in [0.2, 0.25) is 0 Å². The normalized spacial score (nSPS) is 10.3. The standard InChI is InChI=1S/C11H13N5O2/c1-16-7-8(6-15-16)2-3-13-10-9(11(17)18)12-4-5-14-10/h4-7H,2-3H2,1H3,(H,13,14)(H,17,18). The minimum Gasteiger partial charge on any atom is -0.476 e. The molecule has 18 heavy (non-hydrogen) atoms. The summed E-state index contributed by atoms with van der Waals surface area (Å²) in [7, 11) is 1.85. The van der Waals surface area contributed by atoms with Crippen molar-refractivity contribution in [3.05, 3.63) is 36.0 Å². The molecule has 0 spiro atoms. The molecule has 7 heteroatoms. The Bertz CT molecular complexity index is 552. The highest BCUT2D eigenvalue weighted by molar-refractivity contribution is 5.90. The zero-order valence-electron chi connectivity index (χ0n) is 9.87. The number of carboxylic acids is 1. The summed E-state index contributed by atoms with van der Waals surface area (Å²) in [6.45, 7) is 0.574. The molecule has 0 amide bonds. The molecule has 2 heterocycles. The molecule has 0 saturated carbocycles. The predicted molar refractivity (Wildman–Crippen MR) is 64.4 cm³/mol. The summed E-state index contributed by atoms with van der Waals surface area (Å²) >= 11 is 0. The van der Waals surface area contributed by atoms with Crippen LogP contribution < -0.4 is 5.32 Å². The van der Waals surface area contributed by atoms with Crippen LogP contribution in [0.3, 0.4) is 0 Å². The van der Waals surface area contributed by atoms with Gasteiger partial charge in [-0.05, 0) is 12.0 Å². The predicted octanol–water partition coefficient (Wildman–Crippen LogP) is 0.563. The van der Waals surface area contributed by atoms with Crippen molar-refractivity contribution in [1.82, 2.24) is 19.7 Å². The summed E-state index contributed by atoms with van der Waals surface area (Å²) in [6.07, 6.45) is 7.24. The van der Waals surface area contributed by atoms with Crippen LogP contribution in [0.25, 0.3) is 0 Å². The van der Waals surface area contributed by atoms with Crippen molar-refractivity contribution in [3.8, 4) is 0 Å². The molecule has 7 nitrogen and oxygen atoms in total. The fourth-order valence-electron chi connectivity index (χ4n) is 1.55. The Balaban J connectivity index is 1.96. The largest absolute Gasteiger partial charge is 0.476 e. The number of carbonyl (C=O) groups is 1. The molecule has 0 bridgehead atoms. The lowest BCUT2D eigenvalue weighted by atomic mass is 10.2. The highest BCUT2D eigenvalue weighted by Gasteiger charge is 2.11. The highest BCUT2D eigenvalue weighted by Crippen LogP contribution is 2.08. The number of carboxylic acid groups (broad SMARTS) is 1. The SMILES string of the molecule is Cn1cc(CCNc2nccnc2C(=O)O)cn1.